The first-order valence-electron chi connectivity index (χ1n) is 8.06. The summed E-state index contributed by atoms with van der Waals surface area (Å²) in [5.41, 5.74) is 1.75. The highest BCUT2D eigenvalue weighted by atomic mass is 16.2. The van der Waals surface area contributed by atoms with Gasteiger partial charge in [0.15, 0.2) is 0 Å². The molecule has 1 aromatic heterocycles. The second-order valence-electron chi connectivity index (χ2n) is 5.39. The highest BCUT2D eigenvalue weighted by Crippen LogP contribution is 2.14. The molecule has 1 heterocycles. The van der Waals surface area contributed by atoms with Crippen LogP contribution in [0.15, 0.2) is 36.7 Å². The highest BCUT2D eigenvalue weighted by Gasteiger charge is 2.15. The van der Waals surface area contributed by atoms with E-state index >= 15 is 0 Å². The fraction of sp³-hybridized carbons (Fsp3) is 0.333. The molecule has 2 aromatic rings. The fourth-order valence-corrected chi connectivity index (χ4v) is 2.30. The molecule has 6 heteroatoms. The van der Waals surface area contributed by atoms with Crippen molar-refractivity contribution in [3.63, 3.8) is 0 Å². The van der Waals surface area contributed by atoms with Gasteiger partial charge in [-0.25, -0.2) is 9.97 Å². The summed E-state index contributed by atoms with van der Waals surface area (Å²) < 4.78 is 0. The Balaban J connectivity index is 2.06. The SMILES string of the molecule is CCCN(CCC)C(=O)c1cnc(Nc2ccc(C#N)cc2)cn1. The van der Waals surface area contributed by atoms with Crippen LogP contribution in [0.1, 0.15) is 42.7 Å². The molecule has 1 N–H and O–H groups in total. The molecule has 2 rings (SSSR count). The minimum Gasteiger partial charge on any atom is -0.339 e. The van der Waals surface area contributed by atoms with Gasteiger partial charge in [0.25, 0.3) is 5.91 Å². The van der Waals surface area contributed by atoms with Gasteiger partial charge in [0.2, 0.25) is 0 Å². The number of aromatic nitrogens is 2. The summed E-state index contributed by atoms with van der Waals surface area (Å²) in [6.45, 7) is 5.54. The molecule has 1 aromatic carbocycles. The molecule has 0 radical (unpaired) electrons. The van der Waals surface area contributed by atoms with E-state index in [1.807, 2.05) is 13.8 Å². The molecule has 0 aliphatic rings. The van der Waals surface area contributed by atoms with Crippen LogP contribution in [0.5, 0.6) is 0 Å². The number of nitrogens with zero attached hydrogens (tertiary/aromatic N) is 4. The van der Waals surface area contributed by atoms with Crippen molar-refractivity contribution >= 4 is 17.4 Å². The van der Waals surface area contributed by atoms with Crippen molar-refractivity contribution < 1.29 is 4.79 Å². The van der Waals surface area contributed by atoms with E-state index in [1.54, 1.807) is 35.4 Å². The van der Waals surface area contributed by atoms with Crippen molar-refractivity contribution in [2.75, 3.05) is 18.4 Å². The Kier molecular flexibility index (Phi) is 6.26. The summed E-state index contributed by atoms with van der Waals surface area (Å²) in [6, 6.07) is 9.11. The Labute approximate surface area is 142 Å². The number of hydrogen-bond donors (Lipinski definition) is 1. The van der Waals surface area contributed by atoms with Gasteiger partial charge < -0.3 is 10.2 Å². The lowest BCUT2D eigenvalue weighted by atomic mass is 10.2. The van der Waals surface area contributed by atoms with Gasteiger partial charge in [0, 0.05) is 18.8 Å². The van der Waals surface area contributed by atoms with Gasteiger partial charge in [-0.2, -0.15) is 5.26 Å². The number of carbonyl (C=O) groups excluding carboxylic acids is 1. The van der Waals surface area contributed by atoms with Crippen LogP contribution in [0.2, 0.25) is 0 Å². The molecule has 0 atom stereocenters. The van der Waals surface area contributed by atoms with Gasteiger partial charge in [0.1, 0.15) is 11.5 Å². The molecule has 0 saturated carbocycles. The summed E-state index contributed by atoms with van der Waals surface area (Å²) in [4.78, 5) is 22.7. The van der Waals surface area contributed by atoms with E-state index < -0.39 is 0 Å². The van der Waals surface area contributed by atoms with Crippen molar-refractivity contribution in [1.29, 1.82) is 5.26 Å². The van der Waals surface area contributed by atoms with Gasteiger partial charge in [-0.15, -0.1) is 0 Å². The molecule has 0 unspecified atom stereocenters. The van der Waals surface area contributed by atoms with Crippen molar-refractivity contribution in [3.05, 3.63) is 47.9 Å². The van der Waals surface area contributed by atoms with E-state index in [4.69, 9.17) is 5.26 Å². The number of anilines is 2. The first kappa shape index (κ1) is 17.4. The van der Waals surface area contributed by atoms with Crippen molar-refractivity contribution in [3.8, 4) is 6.07 Å². The van der Waals surface area contributed by atoms with E-state index in [2.05, 4.69) is 21.4 Å². The average Bonchev–Trinajstić information content (AvgIpc) is 2.62. The standard InChI is InChI=1S/C18H21N5O/c1-3-9-23(10-4-2)18(24)16-12-21-17(13-20-16)22-15-7-5-14(11-19)6-8-15/h5-8,12-13H,3-4,9-10H2,1-2H3,(H,21,22). The van der Waals surface area contributed by atoms with E-state index in [0.29, 0.717) is 17.1 Å². The molecule has 1 amide bonds. The van der Waals surface area contributed by atoms with Crippen molar-refractivity contribution in [2.24, 2.45) is 0 Å². The summed E-state index contributed by atoms with van der Waals surface area (Å²) in [6.07, 6.45) is 4.86. The van der Waals surface area contributed by atoms with E-state index in [0.717, 1.165) is 31.6 Å². The smallest absolute Gasteiger partial charge is 0.274 e. The number of benzene rings is 1. The minimum atomic E-state index is -0.0869. The molecule has 0 aliphatic heterocycles. The number of amides is 1. The first-order valence-corrected chi connectivity index (χ1v) is 8.06. The second-order valence-corrected chi connectivity index (χ2v) is 5.39. The van der Waals surface area contributed by atoms with Crippen LogP contribution in [-0.4, -0.2) is 33.9 Å². The molecule has 0 aliphatic carbocycles. The summed E-state index contributed by atoms with van der Waals surface area (Å²) in [5.74, 6) is 0.463. The predicted molar refractivity (Wildman–Crippen MR) is 93.0 cm³/mol. The fourth-order valence-electron chi connectivity index (χ4n) is 2.30. The monoisotopic (exact) mass is 323 g/mol. The largest absolute Gasteiger partial charge is 0.339 e. The number of hydrogen-bond acceptors (Lipinski definition) is 5. The predicted octanol–water partition coefficient (Wildman–Crippen LogP) is 3.35. The molecule has 0 fully saturated rings. The van der Waals surface area contributed by atoms with Crippen LogP contribution < -0.4 is 5.32 Å². The number of nitrogens with one attached hydrogen (secondary N) is 1. The molecule has 6 nitrogen and oxygen atoms in total. The van der Waals surface area contributed by atoms with Crippen molar-refractivity contribution in [2.45, 2.75) is 26.7 Å². The van der Waals surface area contributed by atoms with Gasteiger partial charge >= 0.3 is 0 Å². The highest BCUT2D eigenvalue weighted by molar-refractivity contribution is 5.92. The minimum absolute atomic E-state index is 0.0869. The lowest BCUT2D eigenvalue weighted by molar-refractivity contribution is 0.0749. The van der Waals surface area contributed by atoms with Crippen LogP contribution in [0.3, 0.4) is 0 Å². The van der Waals surface area contributed by atoms with Crippen molar-refractivity contribution in [1.82, 2.24) is 14.9 Å². The summed E-state index contributed by atoms with van der Waals surface area (Å²) in [5, 5.41) is 11.9. The zero-order chi connectivity index (χ0) is 17.4. The molecular formula is C18H21N5O. The zero-order valence-electron chi connectivity index (χ0n) is 14.0. The Hall–Kier alpha value is -2.94. The molecule has 24 heavy (non-hydrogen) atoms. The molecule has 0 bridgehead atoms. The van der Waals surface area contributed by atoms with Gasteiger partial charge in [-0.05, 0) is 37.1 Å². The normalized spacial score (nSPS) is 10.0. The first-order chi connectivity index (χ1) is 11.7. The second kappa shape index (κ2) is 8.63. The lowest BCUT2D eigenvalue weighted by Gasteiger charge is -2.20. The third-order valence-corrected chi connectivity index (χ3v) is 3.43. The van der Waals surface area contributed by atoms with Crippen LogP contribution >= 0.6 is 0 Å². The molecular weight excluding hydrogens is 302 g/mol. The summed E-state index contributed by atoms with van der Waals surface area (Å²) >= 11 is 0. The maximum Gasteiger partial charge on any atom is 0.274 e. The van der Waals surface area contributed by atoms with Crippen LogP contribution in [0, 0.1) is 11.3 Å². The maximum absolute atomic E-state index is 12.4. The Morgan fingerprint density at radius 1 is 1.12 bits per heavy atom. The average molecular weight is 323 g/mol. The molecule has 0 spiro atoms. The van der Waals surface area contributed by atoms with Crippen LogP contribution in [0.4, 0.5) is 11.5 Å². The molecule has 124 valence electrons. The quantitative estimate of drug-likeness (QED) is 0.845. The molecule has 0 saturated heterocycles. The van der Waals surface area contributed by atoms with Gasteiger partial charge in [-0.3, -0.25) is 4.79 Å². The number of carbonyl (C=O) groups is 1. The van der Waals surface area contributed by atoms with E-state index in [-0.39, 0.29) is 5.91 Å². The Morgan fingerprint density at radius 2 is 1.79 bits per heavy atom. The number of nitriles is 1. The Morgan fingerprint density at radius 3 is 2.29 bits per heavy atom. The number of rotatable bonds is 7. The summed E-state index contributed by atoms with van der Waals surface area (Å²) in [7, 11) is 0. The van der Waals surface area contributed by atoms with Gasteiger partial charge in [0.05, 0.1) is 24.0 Å². The van der Waals surface area contributed by atoms with Crippen LogP contribution in [-0.2, 0) is 0 Å². The van der Waals surface area contributed by atoms with Gasteiger partial charge in [-0.1, -0.05) is 13.8 Å². The van der Waals surface area contributed by atoms with E-state index in [1.165, 1.54) is 6.20 Å². The zero-order valence-corrected chi connectivity index (χ0v) is 14.0. The topological polar surface area (TPSA) is 81.9 Å². The lowest BCUT2D eigenvalue weighted by Crippen LogP contribution is -2.33. The van der Waals surface area contributed by atoms with E-state index in [9.17, 15) is 4.79 Å². The Bertz CT molecular complexity index is 698. The maximum atomic E-state index is 12.4. The third-order valence-electron chi connectivity index (χ3n) is 3.43. The van der Waals surface area contributed by atoms with Crippen LogP contribution in [0.25, 0.3) is 0 Å². The third kappa shape index (κ3) is 4.53.